The number of thioether (sulfide) groups is 2. The second-order valence-corrected chi connectivity index (χ2v) is 27.6. The van der Waals surface area contributed by atoms with Crippen molar-refractivity contribution in [2.45, 2.75) is 137 Å². The number of aliphatic hydroxyl groups is 3. The summed E-state index contributed by atoms with van der Waals surface area (Å²) in [5.74, 6) is 5.43. The van der Waals surface area contributed by atoms with Crippen LogP contribution in [0.1, 0.15) is 113 Å². The van der Waals surface area contributed by atoms with E-state index in [4.69, 9.17) is 68.0 Å². The fourth-order valence-corrected chi connectivity index (χ4v) is 10.2. The van der Waals surface area contributed by atoms with Crippen LogP contribution in [0.5, 0.6) is 40.2 Å². The Balaban J connectivity index is 0. The average Bonchev–Trinajstić information content (AvgIpc) is 0.844. The van der Waals surface area contributed by atoms with E-state index in [-0.39, 0.29) is 79.7 Å². The summed E-state index contributed by atoms with van der Waals surface area (Å²) >= 11 is 7.66. The number of halogens is 9. The molecule has 0 saturated carbocycles. The summed E-state index contributed by atoms with van der Waals surface area (Å²) < 4.78 is 148. The molecular weight excluding hydrogens is 1540 g/mol. The second-order valence-electron chi connectivity index (χ2n) is 24.9. The number of carbonyl (C=O) groups excluding carboxylic acids is 7. The van der Waals surface area contributed by atoms with Gasteiger partial charge in [0.25, 0.3) is 0 Å². The van der Waals surface area contributed by atoms with Gasteiger partial charge in [-0.2, -0.15) is 58.7 Å². The van der Waals surface area contributed by atoms with Crippen LogP contribution in [0, 0.1) is 64.2 Å². The average molecular weight is 1640 g/mol. The fraction of sp³-hybridized carbons (Fsp3) is 0.427. The van der Waals surface area contributed by atoms with Gasteiger partial charge in [-0.1, -0.05) is 52.3 Å². The topological polar surface area (TPSA) is 265 Å². The number of hydrogen-bond acceptors (Lipinski definition) is 21. The predicted molar refractivity (Wildman–Crippen MR) is 414 cm³/mol. The highest BCUT2D eigenvalue weighted by molar-refractivity contribution is 7.99. The minimum Gasteiger partial charge on any atom is -0.508 e. The summed E-state index contributed by atoms with van der Waals surface area (Å²) in [7, 11) is 1.65. The molecule has 7 rings (SSSR count). The van der Waals surface area contributed by atoms with Crippen molar-refractivity contribution in [3.05, 3.63) is 190 Å². The van der Waals surface area contributed by atoms with Gasteiger partial charge < -0.3 is 53.6 Å². The molecular formula is C82H103F9O18S3. The molecule has 30 heteroatoms. The zero-order chi connectivity index (χ0) is 85.7. The molecule has 0 spiro atoms. The lowest BCUT2D eigenvalue weighted by atomic mass is 10.1. The van der Waals surface area contributed by atoms with Gasteiger partial charge in [0.2, 0.25) is 0 Å². The van der Waals surface area contributed by atoms with Crippen LogP contribution in [0.15, 0.2) is 160 Å². The van der Waals surface area contributed by atoms with Gasteiger partial charge in [-0.05, 0) is 236 Å². The summed E-state index contributed by atoms with van der Waals surface area (Å²) in [4.78, 5) is 67.7. The van der Waals surface area contributed by atoms with E-state index in [1.54, 1.807) is 51.4 Å². The van der Waals surface area contributed by atoms with Crippen LogP contribution in [0.2, 0.25) is 0 Å². The zero-order valence-corrected chi connectivity index (χ0v) is 67.9. The van der Waals surface area contributed by atoms with Crippen molar-refractivity contribution < 1.29 is 127 Å². The molecule has 4 N–H and O–H groups in total. The maximum absolute atomic E-state index is 12.6. The van der Waals surface area contributed by atoms with E-state index in [0.717, 1.165) is 116 Å². The van der Waals surface area contributed by atoms with Crippen LogP contribution in [0.25, 0.3) is 0 Å². The van der Waals surface area contributed by atoms with Gasteiger partial charge in [-0.25, -0.2) is 0 Å². The van der Waals surface area contributed by atoms with Gasteiger partial charge in [-0.15, -0.1) is 36.2 Å². The number of esters is 1. The molecule has 0 aromatic heterocycles. The number of aryl methyl sites for hydroxylation is 3. The zero-order valence-electron chi connectivity index (χ0n) is 65.4. The number of Topliss-reactive ketones (excluding diaryl/α,β-unsaturated/α-hetero) is 2. The van der Waals surface area contributed by atoms with Gasteiger partial charge in [0.1, 0.15) is 58.6 Å². The maximum atomic E-state index is 12.6. The molecule has 7 aromatic carbocycles. The monoisotopic (exact) mass is 1640 g/mol. The van der Waals surface area contributed by atoms with Crippen molar-refractivity contribution in [3.8, 4) is 40.2 Å². The molecule has 0 aliphatic rings. The largest absolute Gasteiger partial charge is 0.508 e. The molecule has 112 heavy (non-hydrogen) atoms. The Bertz CT molecular complexity index is 3820. The normalized spacial score (nSPS) is 11.5. The first-order chi connectivity index (χ1) is 52.5. The predicted octanol–water partition coefficient (Wildman–Crippen LogP) is 18.6. The Hall–Kier alpha value is -8.99. The lowest BCUT2D eigenvalue weighted by molar-refractivity contribution is -0.193. The molecule has 0 heterocycles. The van der Waals surface area contributed by atoms with E-state index in [9.17, 15) is 53.9 Å². The number of aliphatic hydroxyl groups excluding tert-OH is 3. The van der Waals surface area contributed by atoms with Gasteiger partial charge in [-0.3, -0.25) is 14.4 Å². The first-order valence-electron chi connectivity index (χ1n) is 34.8. The summed E-state index contributed by atoms with van der Waals surface area (Å²) in [6.45, 7) is 29.2. The van der Waals surface area contributed by atoms with Crippen LogP contribution >= 0.6 is 36.2 Å². The number of rotatable bonds is 28. The Morgan fingerprint density at radius 3 is 1.27 bits per heavy atom. The number of alkyl halides is 9. The molecule has 18 nitrogen and oxygen atoms in total. The summed E-state index contributed by atoms with van der Waals surface area (Å²) in [6, 6.07) is 36.9. The van der Waals surface area contributed by atoms with Gasteiger partial charge in [0, 0.05) is 57.8 Å². The number of benzene rings is 7. The van der Waals surface area contributed by atoms with E-state index in [1.807, 2.05) is 95.3 Å². The number of carbonyl (C=O) groups is 3. The van der Waals surface area contributed by atoms with Crippen molar-refractivity contribution in [3.63, 3.8) is 0 Å². The highest BCUT2D eigenvalue weighted by Crippen LogP contribution is 2.35. The minimum atomic E-state index is -4.33. The number of phenolic OH excluding ortho intramolecular Hbond substituents is 1. The maximum Gasteiger partial charge on any atom is 0.416 e. The van der Waals surface area contributed by atoms with Crippen LogP contribution < -0.4 is 28.4 Å². The van der Waals surface area contributed by atoms with E-state index in [0.29, 0.717) is 44.5 Å². The number of phenols is 1. The van der Waals surface area contributed by atoms with E-state index in [1.165, 1.54) is 54.1 Å². The smallest absolute Gasteiger partial charge is 0.416 e. The Morgan fingerprint density at radius 2 is 0.893 bits per heavy atom. The third-order valence-corrected chi connectivity index (χ3v) is 17.6. The third kappa shape index (κ3) is 48.0. The standard InChI is InChI=1S/C22H27F3O2S.C19H21F3O2S.C11H16O2.C10H12O2S.C7H5F3O.C7H12O3.C4H10O2.2CO2/c1-5-12-26-20-10-11-21(17(4)16(20)3)28-14-15(2)13-27-19-8-6-18(7-9-19)22(23,24)25;1-13(12-25-17-8-9-18(23-3)14(2)10-17)11-24-16-6-4-15(5-7-16)19(20,21)22;1-9-3-5-11(6-4-9)13-8-10(2)7-12;1-7-5-9(13)3-4-10(7)12-6-8(2)11;8-7(9,10)5-1-3-6(11)4-2-5;1-4-10-7(9)5(2)6(3)8;1-4(2-5)3-6;2*2-1-3/h6-11,15H,5,12-14H2,1-4H3;4-10,13H,11-12H2,1-3H3;3-6,10,12H,7-8H2,1-2H3;3-5,13H,6H2,1-2H3;1-4,11H;5H,4H2,1-3H3;4-6H,2-3H2,1H3;;. The molecule has 7 aromatic rings. The number of thiol groups is 1. The van der Waals surface area contributed by atoms with Gasteiger partial charge >= 0.3 is 36.8 Å². The van der Waals surface area contributed by atoms with Crippen LogP contribution in [0.4, 0.5) is 39.5 Å². The lowest BCUT2D eigenvalue weighted by Crippen LogP contribution is -2.20. The van der Waals surface area contributed by atoms with Crippen molar-refractivity contribution in [1.82, 2.24) is 0 Å². The highest BCUT2D eigenvalue weighted by Gasteiger charge is 2.32. The van der Waals surface area contributed by atoms with Gasteiger partial charge in [0.05, 0.1) is 56.8 Å². The van der Waals surface area contributed by atoms with E-state index >= 15 is 0 Å². The number of aromatic hydroxyl groups is 1. The fourth-order valence-electron chi connectivity index (χ4n) is 7.80. The highest BCUT2D eigenvalue weighted by atomic mass is 32.2. The van der Waals surface area contributed by atoms with Crippen molar-refractivity contribution in [2.24, 2.45) is 29.6 Å². The molecule has 620 valence electrons. The molecule has 4 unspecified atom stereocenters. The molecule has 0 aliphatic heterocycles. The second kappa shape index (κ2) is 58.0. The molecule has 0 amide bonds. The molecule has 0 aliphatic carbocycles. The minimum absolute atomic E-state index is 0.0225. The Kier molecular flexibility index (Phi) is 54.4. The Morgan fingerprint density at radius 1 is 0.491 bits per heavy atom. The van der Waals surface area contributed by atoms with E-state index < -0.39 is 47.1 Å². The van der Waals surface area contributed by atoms with Crippen LogP contribution in [0.3, 0.4) is 0 Å². The van der Waals surface area contributed by atoms with E-state index in [2.05, 4.69) is 57.2 Å². The molecule has 0 bridgehead atoms. The Labute approximate surface area is 663 Å². The number of ketones is 2. The van der Waals surface area contributed by atoms with Crippen molar-refractivity contribution >= 4 is 66.0 Å². The summed E-state index contributed by atoms with van der Waals surface area (Å²) in [6.07, 6.45) is -11.5. The number of hydrogen-bond donors (Lipinski definition) is 5. The van der Waals surface area contributed by atoms with Crippen molar-refractivity contribution in [1.29, 1.82) is 0 Å². The number of methoxy groups -OCH3 is 1. The SMILES string of the molecule is CC(=O)COc1ccc(S)cc1C.CC(CO)CO.CCCOc1ccc(SCC(C)COc2ccc(C(F)(F)F)cc2)c(C)c1C.CCOC(=O)C(C)C(C)=O.COc1ccc(SCC(C)COc2ccc(C(F)(F)F)cc2)cc1C.Cc1ccc(OCC(C)CO)cc1.O=C=O.O=C=O.Oc1ccc(C(F)(F)F)cc1. The van der Waals surface area contributed by atoms with Crippen molar-refractivity contribution in [2.75, 3.05) is 78.1 Å². The summed E-state index contributed by atoms with van der Waals surface area (Å²) in [5, 5.41) is 33.8. The molecule has 0 radical (unpaired) electrons. The quantitative estimate of drug-likeness (QED) is 0.0100. The van der Waals surface area contributed by atoms with Gasteiger partial charge in [0.15, 0.2) is 5.78 Å². The first-order valence-corrected chi connectivity index (χ1v) is 37.2. The first kappa shape index (κ1) is 105. The summed E-state index contributed by atoms with van der Waals surface area (Å²) in [5.41, 5.74) is 3.59. The van der Waals surface area contributed by atoms with Crippen LogP contribution in [-0.2, 0) is 56.8 Å². The molecule has 4 atom stereocenters. The lowest BCUT2D eigenvalue weighted by Gasteiger charge is -2.16. The van der Waals surface area contributed by atoms with Crippen LogP contribution in [-0.4, -0.2) is 128 Å². The molecule has 0 saturated heterocycles. The number of ether oxygens (including phenoxy) is 7. The molecule has 0 fully saturated rings. The third-order valence-electron chi connectivity index (χ3n) is 14.5.